The lowest BCUT2D eigenvalue weighted by Crippen LogP contribution is -2.37. The molecule has 150 valence electrons. The predicted octanol–water partition coefficient (Wildman–Crippen LogP) is 5.35. The van der Waals surface area contributed by atoms with Gasteiger partial charge in [0.05, 0.1) is 11.0 Å². The van der Waals surface area contributed by atoms with Crippen LogP contribution in [0.4, 0.5) is 0 Å². The van der Waals surface area contributed by atoms with Gasteiger partial charge in [-0.15, -0.1) is 0 Å². The largest absolute Gasteiger partial charge is 0.320 e. The standard InChI is InChI=1S/C25H29N3O/c1-3-15-27-16-7-10-22(18-27)28-24-12-5-4-11-23(24)26-25(28)21-9-6-8-20(17-21)14-13-19(2)29/h4-6,8-9,11-14,17,22H,3,7,10,15-16,18H2,1-2H3/b14-13+. The van der Waals surface area contributed by atoms with Crippen molar-refractivity contribution in [2.45, 2.75) is 39.2 Å². The SMILES string of the molecule is CCCN1CCCC(n2c(-c3cccc(/C=C/C(C)=O)c3)nc3ccccc32)C1. The predicted molar refractivity (Wildman–Crippen MR) is 120 cm³/mol. The molecule has 0 spiro atoms. The fourth-order valence-electron chi connectivity index (χ4n) is 4.37. The molecule has 4 rings (SSSR count). The number of aromatic nitrogens is 2. The van der Waals surface area contributed by atoms with Crippen LogP contribution in [0.2, 0.25) is 0 Å². The Hall–Kier alpha value is -2.72. The number of hydrogen-bond donors (Lipinski definition) is 0. The number of para-hydroxylation sites is 2. The van der Waals surface area contributed by atoms with Gasteiger partial charge in [0.1, 0.15) is 5.82 Å². The van der Waals surface area contributed by atoms with Crippen molar-refractivity contribution in [1.29, 1.82) is 0 Å². The lowest BCUT2D eigenvalue weighted by molar-refractivity contribution is -0.112. The fourth-order valence-corrected chi connectivity index (χ4v) is 4.37. The Bertz CT molecular complexity index is 1030. The first-order valence-corrected chi connectivity index (χ1v) is 10.6. The summed E-state index contributed by atoms with van der Waals surface area (Å²) in [7, 11) is 0. The molecule has 1 unspecified atom stereocenters. The molecule has 0 N–H and O–H groups in total. The number of allylic oxidation sites excluding steroid dienone is 1. The van der Waals surface area contributed by atoms with Gasteiger partial charge in [0.25, 0.3) is 0 Å². The van der Waals surface area contributed by atoms with E-state index in [-0.39, 0.29) is 5.78 Å². The van der Waals surface area contributed by atoms with Gasteiger partial charge in [-0.25, -0.2) is 4.98 Å². The highest BCUT2D eigenvalue weighted by molar-refractivity contribution is 5.91. The van der Waals surface area contributed by atoms with E-state index in [9.17, 15) is 4.79 Å². The average molecular weight is 388 g/mol. The van der Waals surface area contributed by atoms with Gasteiger partial charge in [-0.3, -0.25) is 4.79 Å². The van der Waals surface area contributed by atoms with Crippen LogP contribution < -0.4 is 0 Å². The Morgan fingerprint density at radius 1 is 1.21 bits per heavy atom. The van der Waals surface area contributed by atoms with Crippen LogP contribution in [0.25, 0.3) is 28.5 Å². The molecule has 1 saturated heterocycles. The smallest absolute Gasteiger partial charge is 0.152 e. The van der Waals surface area contributed by atoms with E-state index in [0.717, 1.165) is 35.6 Å². The molecular formula is C25H29N3O. The Balaban J connectivity index is 1.78. The second-order valence-corrected chi connectivity index (χ2v) is 7.96. The number of hydrogen-bond acceptors (Lipinski definition) is 3. The number of imidazole rings is 1. The highest BCUT2D eigenvalue weighted by Gasteiger charge is 2.25. The second kappa shape index (κ2) is 8.75. The van der Waals surface area contributed by atoms with E-state index in [2.05, 4.69) is 52.8 Å². The summed E-state index contributed by atoms with van der Waals surface area (Å²) in [5.74, 6) is 1.08. The van der Waals surface area contributed by atoms with E-state index in [4.69, 9.17) is 4.98 Å². The van der Waals surface area contributed by atoms with Crippen molar-refractivity contribution in [3.8, 4) is 11.4 Å². The van der Waals surface area contributed by atoms with Crippen molar-refractivity contribution >= 4 is 22.9 Å². The van der Waals surface area contributed by atoms with E-state index in [1.807, 2.05) is 18.2 Å². The van der Waals surface area contributed by atoms with Crippen molar-refractivity contribution in [1.82, 2.24) is 14.5 Å². The van der Waals surface area contributed by atoms with Gasteiger partial charge in [-0.05, 0) is 69.1 Å². The van der Waals surface area contributed by atoms with Crippen LogP contribution in [0.5, 0.6) is 0 Å². The molecule has 0 bridgehead atoms. The molecule has 0 amide bonds. The fraction of sp³-hybridized carbons (Fsp3) is 0.360. The van der Waals surface area contributed by atoms with Crippen LogP contribution in [0.15, 0.2) is 54.6 Å². The van der Waals surface area contributed by atoms with Crippen molar-refractivity contribution in [2.75, 3.05) is 19.6 Å². The topological polar surface area (TPSA) is 38.1 Å². The summed E-state index contributed by atoms with van der Waals surface area (Å²) >= 11 is 0. The molecule has 1 aliphatic heterocycles. The number of nitrogens with zero attached hydrogens (tertiary/aromatic N) is 3. The molecule has 1 aromatic heterocycles. The quantitative estimate of drug-likeness (QED) is 0.535. The van der Waals surface area contributed by atoms with E-state index >= 15 is 0 Å². The molecule has 3 aromatic rings. The van der Waals surface area contributed by atoms with Crippen LogP contribution in [0.1, 0.15) is 44.7 Å². The zero-order valence-electron chi connectivity index (χ0n) is 17.3. The van der Waals surface area contributed by atoms with Crippen molar-refractivity contribution in [2.24, 2.45) is 0 Å². The lowest BCUT2D eigenvalue weighted by Gasteiger charge is -2.34. The van der Waals surface area contributed by atoms with Crippen molar-refractivity contribution in [3.63, 3.8) is 0 Å². The lowest BCUT2D eigenvalue weighted by atomic mass is 10.0. The van der Waals surface area contributed by atoms with E-state index in [1.165, 1.54) is 31.3 Å². The van der Waals surface area contributed by atoms with Gasteiger partial charge in [0, 0.05) is 18.2 Å². The first kappa shape index (κ1) is 19.6. The molecule has 1 atom stereocenters. The zero-order chi connectivity index (χ0) is 20.2. The molecule has 0 saturated carbocycles. The first-order chi connectivity index (χ1) is 14.2. The second-order valence-electron chi connectivity index (χ2n) is 7.96. The number of carbonyl (C=O) groups excluding carboxylic acids is 1. The molecule has 0 radical (unpaired) electrons. The molecular weight excluding hydrogens is 358 g/mol. The number of carbonyl (C=O) groups is 1. The van der Waals surface area contributed by atoms with E-state index < -0.39 is 0 Å². The Morgan fingerprint density at radius 2 is 2.07 bits per heavy atom. The summed E-state index contributed by atoms with van der Waals surface area (Å²) in [6.45, 7) is 7.25. The highest BCUT2D eigenvalue weighted by Crippen LogP contribution is 2.33. The molecule has 2 aromatic carbocycles. The summed E-state index contributed by atoms with van der Waals surface area (Å²) < 4.78 is 2.45. The molecule has 2 heterocycles. The van der Waals surface area contributed by atoms with Gasteiger partial charge < -0.3 is 9.47 Å². The summed E-state index contributed by atoms with van der Waals surface area (Å²) in [6, 6.07) is 17.2. The summed E-state index contributed by atoms with van der Waals surface area (Å²) in [4.78, 5) is 18.9. The monoisotopic (exact) mass is 387 g/mol. The van der Waals surface area contributed by atoms with Gasteiger partial charge in [-0.1, -0.05) is 43.3 Å². The van der Waals surface area contributed by atoms with E-state index in [1.54, 1.807) is 13.0 Å². The van der Waals surface area contributed by atoms with Gasteiger partial charge in [-0.2, -0.15) is 0 Å². The summed E-state index contributed by atoms with van der Waals surface area (Å²) in [5, 5.41) is 0. The molecule has 1 fully saturated rings. The molecule has 0 aliphatic carbocycles. The molecule has 4 heteroatoms. The van der Waals surface area contributed by atoms with Gasteiger partial charge in [0.15, 0.2) is 5.78 Å². The average Bonchev–Trinajstić information content (AvgIpc) is 3.13. The first-order valence-electron chi connectivity index (χ1n) is 10.6. The number of benzene rings is 2. The van der Waals surface area contributed by atoms with Crippen LogP contribution >= 0.6 is 0 Å². The number of piperidine rings is 1. The Labute approximate surface area is 172 Å². The van der Waals surface area contributed by atoms with Gasteiger partial charge in [0.2, 0.25) is 0 Å². The van der Waals surface area contributed by atoms with E-state index in [0.29, 0.717) is 6.04 Å². The van der Waals surface area contributed by atoms with Crippen molar-refractivity contribution < 1.29 is 4.79 Å². The third-order valence-corrected chi connectivity index (χ3v) is 5.64. The zero-order valence-corrected chi connectivity index (χ0v) is 17.3. The Kier molecular flexibility index (Phi) is 5.91. The maximum atomic E-state index is 11.3. The minimum atomic E-state index is 0.0564. The minimum absolute atomic E-state index is 0.0564. The number of likely N-dealkylation sites (tertiary alicyclic amines) is 1. The van der Waals surface area contributed by atoms with Crippen LogP contribution in [0, 0.1) is 0 Å². The third-order valence-electron chi connectivity index (χ3n) is 5.64. The maximum absolute atomic E-state index is 11.3. The molecule has 29 heavy (non-hydrogen) atoms. The Morgan fingerprint density at radius 3 is 2.90 bits per heavy atom. The van der Waals surface area contributed by atoms with Crippen LogP contribution in [-0.2, 0) is 4.79 Å². The van der Waals surface area contributed by atoms with Crippen LogP contribution in [0.3, 0.4) is 0 Å². The number of rotatable bonds is 6. The minimum Gasteiger partial charge on any atom is -0.320 e. The molecule has 1 aliphatic rings. The summed E-state index contributed by atoms with van der Waals surface area (Å²) in [6.07, 6.45) is 7.08. The number of fused-ring (bicyclic) bond motifs is 1. The number of ketones is 1. The maximum Gasteiger partial charge on any atom is 0.152 e. The van der Waals surface area contributed by atoms with Crippen LogP contribution in [-0.4, -0.2) is 39.9 Å². The molecule has 4 nitrogen and oxygen atoms in total. The van der Waals surface area contributed by atoms with Gasteiger partial charge >= 0.3 is 0 Å². The highest BCUT2D eigenvalue weighted by atomic mass is 16.1. The van der Waals surface area contributed by atoms with Crippen molar-refractivity contribution in [3.05, 3.63) is 60.2 Å². The normalized spacial score (nSPS) is 17.9. The summed E-state index contributed by atoms with van der Waals surface area (Å²) in [5.41, 5.74) is 4.36. The third kappa shape index (κ3) is 4.33.